The van der Waals surface area contributed by atoms with Crippen LogP contribution in [0.15, 0.2) is 48.5 Å². The number of hydrogen-bond acceptors (Lipinski definition) is 3. The standard InChI is InChI=1S/C28H36F2N2O2.ClH/c1-18-14-31(15-19(2)28(18,34)20-9-7-6-8-10-20)26(33)24-17-32(27(3,4)5)16-23(24)22-12-11-21(29)13-25(22)30;/h6-13,18-19,23-24,34H,14-17H2,1-5H3;1H. The zero-order chi connectivity index (χ0) is 24.8. The maximum atomic E-state index is 14.8. The average molecular weight is 507 g/mol. The van der Waals surface area contributed by atoms with Crippen LogP contribution in [-0.4, -0.2) is 52.5 Å². The van der Waals surface area contributed by atoms with Gasteiger partial charge < -0.3 is 10.0 Å². The molecule has 4 nitrogen and oxygen atoms in total. The molecule has 192 valence electrons. The highest BCUT2D eigenvalue weighted by molar-refractivity contribution is 5.85. The molecule has 7 heteroatoms. The number of amides is 1. The number of likely N-dealkylation sites (tertiary alicyclic amines) is 2. The highest BCUT2D eigenvalue weighted by Gasteiger charge is 2.50. The van der Waals surface area contributed by atoms with Crippen molar-refractivity contribution < 1.29 is 18.7 Å². The van der Waals surface area contributed by atoms with E-state index in [4.69, 9.17) is 0 Å². The molecule has 2 aromatic rings. The van der Waals surface area contributed by atoms with Gasteiger partial charge in [0.1, 0.15) is 11.6 Å². The van der Waals surface area contributed by atoms with Crippen LogP contribution in [0.25, 0.3) is 0 Å². The largest absolute Gasteiger partial charge is 0.384 e. The first-order valence-corrected chi connectivity index (χ1v) is 12.2. The molecule has 2 heterocycles. The lowest BCUT2D eigenvalue weighted by Crippen LogP contribution is -2.57. The molecule has 0 saturated carbocycles. The third kappa shape index (κ3) is 5.11. The van der Waals surface area contributed by atoms with Crippen LogP contribution in [0.5, 0.6) is 0 Å². The van der Waals surface area contributed by atoms with Gasteiger partial charge in [-0.2, -0.15) is 0 Å². The zero-order valence-corrected chi connectivity index (χ0v) is 22.0. The van der Waals surface area contributed by atoms with E-state index in [9.17, 15) is 18.7 Å². The van der Waals surface area contributed by atoms with Gasteiger partial charge in [-0.1, -0.05) is 50.2 Å². The van der Waals surface area contributed by atoms with E-state index >= 15 is 0 Å². The number of halogens is 3. The van der Waals surface area contributed by atoms with Gasteiger partial charge in [0.25, 0.3) is 0 Å². The molecule has 2 aromatic carbocycles. The fourth-order valence-electron chi connectivity index (χ4n) is 5.91. The van der Waals surface area contributed by atoms with Gasteiger partial charge in [-0.05, 0) is 38.0 Å². The van der Waals surface area contributed by atoms with Crippen LogP contribution in [0.1, 0.15) is 51.7 Å². The summed E-state index contributed by atoms with van der Waals surface area (Å²) in [4.78, 5) is 17.9. The summed E-state index contributed by atoms with van der Waals surface area (Å²) < 4.78 is 28.4. The summed E-state index contributed by atoms with van der Waals surface area (Å²) in [7, 11) is 0. The van der Waals surface area contributed by atoms with Crippen molar-refractivity contribution in [3.8, 4) is 0 Å². The number of aliphatic hydroxyl groups is 1. The molecule has 4 rings (SSSR count). The zero-order valence-electron chi connectivity index (χ0n) is 21.2. The van der Waals surface area contributed by atoms with E-state index in [-0.39, 0.29) is 41.6 Å². The molecule has 35 heavy (non-hydrogen) atoms. The van der Waals surface area contributed by atoms with E-state index in [1.807, 2.05) is 49.1 Å². The Bertz CT molecular complexity index is 1030. The second-order valence-electron chi connectivity index (χ2n) is 11.2. The lowest BCUT2D eigenvalue weighted by Gasteiger charge is -2.48. The molecule has 0 aliphatic carbocycles. The minimum atomic E-state index is -1.02. The second kappa shape index (κ2) is 10.2. The number of benzene rings is 2. The van der Waals surface area contributed by atoms with Crippen LogP contribution in [0.3, 0.4) is 0 Å². The lowest BCUT2D eigenvalue weighted by molar-refractivity contribution is -0.152. The predicted molar refractivity (Wildman–Crippen MR) is 136 cm³/mol. The molecule has 2 fully saturated rings. The fourth-order valence-corrected chi connectivity index (χ4v) is 5.91. The third-order valence-electron chi connectivity index (χ3n) is 7.99. The van der Waals surface area contributed by atoms with Gasteiger partial charge in [0, 0.05) is 55.5 Å². The lowest BCUT2D eigenvalue weighted by atomic mass is 9.70. The molecule has 0 radical (unpaired) electrons. The van der Waals surface area contributed by atoms with Crippen LogP contribution in [-0.2, 0) is 10.4 Å². The van der Waals surface area contributed by atoms with Crippen molar-refractivity contribution in [3.63, 3.8) is 0 Å². The number of hydrogen-bond donors (Lipinski definition) is 1. The highest BCUT2D eigenvalue weighted by atomic mass is 35.5. The summed E-state index contributed by atoms with van der Waals surface area (Å²) in [5, 5.41) is 11.7. The van der Waals surface area contributed by atoms with Crippen molar-refractivity contribution in [2.75, 3.05) is 26.2 Å². The van der Waals surface area contributed by atoms with Crippen molar-refractivity contribution in [1.82, 2.24) is 9.80 Å². The summed E-state index contributed by atoms with van der Waals surface area (Å²) in [6.45, 7) is 12.1. The molecule has 1 amide bonds. The van der Waals surface area contributed by atoms with Gasteiger partial charge in [-0.3, -0.25) is 9.69 Å². The number of carbonyl (C=O) groups is 1. The monoisotopic (exact) mass is 506 g/mol. The molecule has 4 atom stereocenters. The normalized spacial score (nSPS) is 29.7. The van der Waals surface area contributed by atoms with Crippen molar-refractivity contribution in [2.24, 2.45) is 17.8 Å². The van der Waals surface area contributed by atoms with Crippen molar-refractivity contribution in [3.05, 3.63) is 71.3 Å². The molecule has 0 bridgehead atoms. The maximum absolute atomic E-state index is 14.8. The molecule has 2 aliphatic rings. The first kappa shape index (κ1) is 27.6. The Kier molecular flexibility index (Phi) is 8.00. The molecular formula is C28H37ClF2N2O2. The Morgan fingerprint density at radius 1 is 0.971 bits per heavy atom. The number of rotatable bonds is 3. The maximum Gasteiger partial charge on any atom is 0.227 e. The molecule has 2 aliphatic heterocycles. The molecule has 1 N–H and O–H groups in total. The van der Waals surface area contributed by atoms with Gasteiger partial charge in [-0.15, -0.1) is 12.4 Å². The van der Waals surface area contributed by atoms with Crippen LogP contribution >= 0.6 is 12.4 Å². The van der Waals surface area contributed by atoms with Crippen molar-refractivity contribution in [1.29, 1.82) is 0 Å². The molecule has 0 aromatic heterocycles. The minimum absolute atomic E-state index is 0. The van der Waals surface area contributed by atoms with Crippen LogP contribution in [0.4, 0.5) is 8.78 Å². The summed E-state index contributed by atoms with van der Waals surface area (Å²) in [5.41, 5.74) is 0.0616. The summed E-state index contributed by atoms with van der Waals surface area (Å²) in [6.07, 6.45) is 0. The topological polar surface area (TPSA) is 43.8 Å². The number of nitrogens with zero attached hydrogens (tertiary/aromatic N) is 2. The Balaban J connectivity index is 0.00000342. The first-order valence-electron chi connectivity index (χ1n) is 12.2. The summed E-state index contributed by atoms with van der Waals surface area (Å²) in [6, 6.07) is 13.3. The van der Waals surface area contributed by atoms with E-state index < -0.39 is 23.2 Å². The van der Waals surface area contributed by atoms with Gasteiger partial charge in [-0.25, -0.2) is 8.78 Å². The molecule has 0 spiro atoms. The van der Waals surface area contributed by atoms with E-state index in [1.54, 1.807) is 0 Å². The summed E-state index contributed by atoms with van der Waals surface area (Å²) >= 11 is 0. The highest BCUT2D eigenvalue weighted by Crippen LogP contribution is 2.43. The molecule has 2 saturated heterocycles. The Morgan fingerprint density at radius 3 is 2.11 bits per heavy atom. The van der Waals surface area contributed by atoms with Gasteiger partial charge in [0.15, 0.2) is 0 Å². The van der Waals surface area contributed by atoms with E-state index in [2.05, 4.69) is 25.7 Å². The average Bonchev–Trinajstić information content (AvgIpc) is 3.23. The van der Waals surface area contributed by atoms with Gasteiger partial charge in [0.2, 0.25) is 5.91 Å². The molecule has 4 unspecified atom stereocenters. The van der Waals surface area contributed by atoms with Crippen molar-refractivity contribution in [2.45, 2.75) is 51.7 Å². The third-order valence-corrected chi connectivity index (χ3v) is 7.99. The minimum Gasteiger partial charge on any atom is -0.384 e. The van der Waals surface area contributed by atoms with Crippen LogP contribution in [0.2, 0.25) is 0 Å². The smallest absolute Gasteiger partial charge is 0.227 e. The Labute approximate surface area is 213 Å². The first-order chi connectivity index (χ1) is 15.9. The van der Waals surface area contributed by atoms with Gasteiger partial charge in [0.05, 0.1) is 11.5 Å². The van der Waals surface area contributed by atoms with Crippen LogP contribution < -0.4 is 0 Å². The quantitative estimate of drug-likeness (QED) is 0.622. The van der Waals surface area contributed by atoms with Crippen LogP contribution in [0, 0.1) is 29.4 Å². The van der Waals surface area contributed by atoms with Crippen molar-refractivity contribution >= 4 is 18.3 Å². The summed E-state index contributed by atoms with van der Waals surface area (Å²) in [5.74, 6) is -2.35. The second-order valence-corrected chi connectivity index (χ2v) is 11.2. The van der Waals surface area contributed by atoms with Gasteiger partial charge >= 0.3 is 0 Å². The Hall–Kier alpha value is -2.02. The van der Waals surface area contributed by atoms with E-state index in [1.165, 1.54) is 12.1 Å². The van der Waals surface area contributed by atoms with E-state index in [0.717, 1.165) is 11.6 Å². The molecular weight excluding hydrogens is 470 g/mol. The number of carbonyl (C=O) groups excluding carboxylic acids is 1. The van der Waals surface area contributed by atoms with E-state index in [0.29, 0.717) is 31.7 Å². The Morgan fingerprint density at radius 2 is 1.57 bits per heavy atom. The number of piperidine rings is 1. The predicted octanol–water partition coefficient (Wildman–Crippen LogP) is 5.20. The SMILES string of the molecule is CC1CN(C(=O)C2CN(C(C)(C)C)CC2c2ccc(F)cc2F)CC(C)C1(O)c1ccccc1.Cl. The fraction of sp³-hybridized carbons (Fsp3) is 0.536.